The molecule has 1 heterocycles. The quantitative estimate of drug-likeness (QED) is 0.347. The number of carbonyl (C=O) groups excluding carboxylic acids is 1. The van der Waals surface area contributed by atoms with Crippen LogP contribution in [0.25, 0.3) is 16.6 Å². The lowest BCUT2D eigenvalue weighted by Crippen LogP contribution is -2.26. The highest BCUT2D eigenvalue weighted by Gasteiger charge is 2.21. The van der Waals surface area contributed by atoms with Crippen LogP contribution in [-0.2, 0) is 4.79 Å². The molecule has 0 saturated carbocycles. The van der Waals surface area contributed by atoms with Crippen LogP contribution in [0.15, 0.2) is 88.8 Å². The summed E-state index contributed by atoms with van der Waals surface area (Å²) in [7, 11) is 0. The molecule has 1 unspecified atom stereocenters. The normalized spacial score (nSPS) is 11.9. The molecule has 4 aromatic rings. The summed E-state index contributed by atoms with van der Waals surface area (Å²) < 4.78 is 1.55. The molecule has 0 aliphatic rings. The van der Waals surface area contributed by atoms with Crippen molar-refractivity contribution in [3.63, 3.8) is 0 Å². The van der Waals surface area contributed by atoms with Gasteiger partial charge in [-0.25, -0.2) is 4.98 Å². The van der Waals surface area contributed by atoms with Crippen molar-refractivity contribution in [3.05, 3.63) is 94.2 Å². The largest absolute Gasteiger partial charge is 0.324 e. The number of hydrogen-bond donors (Lipinski definition) is 1. The first-order valence-corrected chi connectivity index (χ1v) is 10.6. The number of hydrogen-bond acceptors (Lipinski definition) is 4. The molecule has 0 bridgehead atoms. The number of rotatable bonds is 5. The lowest BCUT2D eigenvalue weighted by atomic mass is 10.2. The van der Waals surface area contributed by atoms with Crippen LogP contribution in [0.2, 0.25) is 5.02 Å². The number of anilines is 1. The van der Waals surface area contributed by atoms with Gasteiger partial charge in [-0.05, 0) is 43.3 Å². The molecule has 30 heavy (non-hydrogen) atoms. The Labute approximate surface area is 182 Å². The number of amides is 1. The number of nitrogens with one attached hydrogen (secondary N) is 1. The van der Waals surface area contributed by atoms with Gasteiger partial charge in [0.15, 0.2) is 5.16 Å². The van der Waals surface area contributed by atoms with Gasteiger partial charge in [0.25, 0.3) is 5.56 Å². The molecule has 0 aliphatic carbocycles. The zero-order valence-corrected chi connectivity index (χ0v) is 17.7. The van der Waals surface area contributed by atoms with Crippen LogP contribution in [0.1, 0.15) is 6.92 Å². The average Bonchev–Trinajstić information content (AvgIpc) is 2.76. The van der Waals surface area contributed by atoms with Gasteiger partial charge in [0, 0.05) is 0 Å². The summed E-state index contributed by atoms with van der Waals surface area (Å²) in [5.41, 5.74) is 1.66. The van der Waals surface area contributed by atoms with Crippen LogP contribution in [0, 0.1) is 0 Å². The zero-order chi connectivity index (χ0) is 21.1. The minimum Gasteiger partial charge on any atom is -0.324 e. The highest BCUT2D eigenvalue weighted by molar-refractivity contribution is 8.00. The standard InChI is InChI=1S/C23H18ClN3O2S/c1-15(21(28)25-20-14-8-6-12-18(20)24)30-23-26-19-13-7-5-11-17(19)22(29)27(23)16-9-3-2-4-10-16/h2-15H,1H3,(H,25,28). The lowest BCUT2D eigenvalue weighted by Gasteiger charge is -2.16. The van der Waals surface area contributed by atoms with Crippen molar-refractivity contribution in [1.82, 2.24) is 9.55 Å². The van der Waals surface area contributed by atoms with Crippen LogP contribution < -0.4 is 10.9 Å². The first-order chi connectivity index (χ1) is 14.5. The van der Waals surface area contributed by atoms with E-state index in [9.17, 15) is 9.59 Å². The fourth-order valence-corrected chi connectivity index (χ4v) is 4.11. The number of halogens is 1. The second-order valence-electron chi connectivity index (χ2n) is 6.62. The van der Waals surface area contributed by atoms with Crippen LogP contribution in [-0.4, -0.2) is 20.7 Å². The van der Waals surface area contributed by atoms with Gasteiger partial charge < -0.3 is 5.32 Å². The molecule has 5 nitrogen and oxygen atoms in total. The number of aromatic nitrogens is 2. The third kappa shape index (κ3) is 4.10. The molecule has 0 aliphatic heterocycles. The second kappa shape index (κ2) is 8.73. The van der Waals surface area contributed by atoms with E-state index >= 15 is 0 Å². The summed E-state index contributed by atoms with van der Waals surface area (Å²) >= 11 is 7.37. The van der Waals surface area contributed by atoms with Gasteiger partial charge in [-0.1, -0.05) is 65.8 Å². The fraction of sp³-hybridized carbons (Fsp3) is 0.0870. The average molecular weight is 436 g/mol. The van der Waals surface area contributed by atoms with Crippen LogP contribution in [0.5, 0.6) is 0 Å². The van der Waals surface area contributed by atoms with Crippen LogP contribution in [0.4, 0.5) is 5.69 Å². The second-order valence-corrected chi connectivity index (χ2v) is 8.33. The van der Waals surface area contributed by atoms with Crippen molar-refractivity contribution in [2.24, 2.45) is 0 Å². The number of thioether (sulfide) groups is 1. The number of nitrogens with zero attached hydrogens (tertiary/aromatic N) is 2. The zero-order valence-electron chi connectivity index (χ0n) is 16.1. The molecule has 1 atom stereocenters. The maximum absolute atomic E-state index is 13.2. The number of para-hydroxylation sites is 3. The third-order valence-electron chi connectivity index (χ3n) is 4.54. The van der Waals surface area contributed by atoms with Crippen molar-refractivity contribution in [2.75, 3.05) is 5.32 Å². The first kappa shape index (κ1) is 20.2. The van der Waals surface area contributed by atoms with E-state index in [2.05, 4.69) is 10.3 Å². The molecule has 0 radical (unpaired) electrons. The minimum absolute atomic E-state index is 0.173. The van der Waals surface area contributed by atoms with Crippen molar-refractivity contribution in [3.8, 4) is 5.69 Å². The monoisotopic (exact) mass is 435 g/mol. The van der Waals surface area contributed by atoms with Crippen molar-refractivity contribution < 1.29 is 4.79 Å². The molecule has 1 N–H and O–H groups in total. The Bertz CT molecular complexity index is 1270. The maximum Gasteiger partial charge on any atom is 0.266 e. The fourth-order valence-electron chi connectivity index (χ4n) is 3.00. The molecule has 7 heteroatoms. The van der Waals surface area contributed by atoms with E-state index in [1.54, 1.807) is 47.9 Å². The lowest BCUT2D eigenvalue weighted by molar-refractivity contribution is -0.115. The molecule has 150 valence electrons. The van der Waals surface area contributed by atoms with Gasteiger partial charge in [-0.15, -0.1) is 0 Å². The number of fused-ring (bicyclic) bond motifs is 1. The van der Waals surface area contributed by atoms with E-state index < -0.39 is 5.25 Å². The molecule has 4 rings (SSSR count). The summed E-state index contributed by atoms with van der Waals surface area (Å²) in [6, 6.07) is 23.6. The van der Waals surface area contributed by atoms with E-state index in [0.717, 1.165) is 0 Å². The van der Waals surface area contributed by atoms with Gasteiger partial charge in [-0.3, -0.25) is 14.2 Å². The van der Waals surface area contributed by atoms with Gasteiger partial charge in [-0.2, -0.15) is 0 Å². The Morgan fingerprint density at radius 2 is 1.67 bits per heavy atom. The molecule has 0 saturated heterocycles. The van der Waals surface area contributed by atoms with E-state index in [0.29, 0.717) is 32.5 Å². The Kier molecular flexibility index (Phi) is 5.88. The highest BCUT2D eigenvalue weighted by Crippen LogP contribution is 2.27. The van der Waals surface area contributed by atoms with Crippen LogP contribution >= 0.6 is 23.4 Å². The number of benzene rings is 3. The summed E-state index contributed by atoms with van der Waals surface area (Å²) in [5, 5.41) is 3.77. The number of carbonyl (C=O) groups is 1. The SMILES string of the molecule is CC(Sc1nc2ccccc2c(=O)n1-c1ccccc1)C(=O)Nc1ccccc1Cl. The Hall–Kier alpha value is -3.09. The minimum atomic E-state index is -0.510. The highest BCUT2D eigenvalue weighted by atomic mass is 35.5. The van der Waals surface area contributed by atoms with Gasteiger partial charge in [0.2, 0.25) is 5.91 Å². The predicted octanol–water partition coefficient (Wildman–Crippen LogP) is 5.16. The molecular weight excluding hydrogens is 418 g/mol. The van der Waals surface area contributed by atoms with Gasteiger partial charge in [0.1, 0.15) is 0 Å². The molecule has 0 spiro atoms. The Morgan fingerprint density at radius 1 is 1.00 bits per heavy atom. The topological polar surface area (TPSA) is 64.0 Å². The van der Waals surface area contributed by atoms with E-state index in [1.165, 1.54) is 11.8 Å². The maximum atomic E-state index is 13.2. The summed E-state index contributed by atoms with van der Waals surface area (Å²) in [4.78, 5) is 30.7. The molecule has 0 fully saturated rings. The van der Waals surface area contributed by atoms with E-state index in [-0.39, 0.29) is 11.5 Å². The third-order valence-corrected chi connectivity index (χ3v) is 5.92. The smallest absolute Gasteiger partial charge is 0.266 e. The molecular formula is C23H18ClN3O2S. The summed E-state index contributed by atoms with van der Waals surface area (Å²) in [6.45, 7) is 1.77. The Morgan fingerprint density at radius 3 is 2.43 bits per heavy atom. The summed E-state index contributed by atoms with van der Waals surface area (Å²) in [6.07, 6.45) is 0. The molecule has 3 aromatic carbocycles. The summed E-state index contributed by atoms with van der Waals surface area (Å²) in [5.74, 6) is -0.227. The van der Waals surface area contributed by atoms with E-state index in [4.69, 9.17) is 11.6 Å². The van der Waals surface area contributed by atoms with Crippen molar-refractivity contribution >= 4 is 45.9 Å². The Balaban J connectivity index is 1.72. The molecule has 1 amide bonds. The van der Waals surface area contributed by atoms with Gasteiger partial charge >= 0.3 is 0 Å². The van der Waals surface area contributed by atoms with E-state index in [1.807, 2.05) is 42.5 Å². The van der Waals surface area contributed by atoms with Crippen molar-refractivity contribution in [1.29, 1.82) is 0 Å². The van der Waals surface area contributed by atoms with Crippen molar-refractivity contribution in [2.45, 2.75) is 17.3 Å². The molecule has 1 aromatic heterocycles. The van der Waals surface area contributed by atoms with Crippen LogP contribution in [0.3, 0.4) is 0 Å². The first-order valence-electron chi connectivity index (χ1n) is 9.34. The van der Waals surface area contributed by atoms with Gasteiger partial charge in [0.05, 0.1) is 32.6 Å². The predicted molar refractivity (Wildman–Crippen MR) is 123 cm³/mol.